The fourth-order valence-electron chi connectivity index (χ4n) is 4.56. The van der Waals surface area contributed by atoms with Gasteiger partial charge in [-0.2, -0.15) is 5.10 Å². The van der Waals surface area contributed by atoms with Gasteiger partial charge in [-0.05, 0) is 42.8 Å². The van der Waals surface area contributed by atoms with Crippen molar-refractivity contribution in [2.75, 3.05) is 18.7 Å². The highest BCUT2D eigenvalue weighted by molar-refractivity contribution is 6.41. The molecular weight excluding hydrogens is 444 g/mol. The first kappa shape index (κ1) is 22.4. The van der Waals surface area contributed by atoms with Crippen LogP contribution >= 0.6 is 0 Å². The molecule has 176 valence electrons. The minimum Gasteiger partial charge on any atom is -0.497 e. The molecule has 0 saturated carbocycles. The highest BCUT2D eigenvalue weighted by atomic mass is 16.5. The molecule has 0 N–H and O–H groups in total. The van der Waals surface area contributed by atoms with Crippen molar-refractivity contribution in [3.63, 3.8) is 0 Å². The third-order valence-corrected chi connectivity index (χ3v) is 6.15. The van der Waals surface area contributed by atoms with Gasteiger partial charge in [0, 0.05) is 5.56 Å². The molecule has 0 unspecified atom stereocenters. The number of benzene rings is 3. The average molecular weight is 469 g/mol. The van der Waals surface area contributed by atoms with Crippen LogP contribution in [-0.2, 0) is 19.1 Å². The Morgan fingerprint density at radius 2 is 1.66 bits per heavy atom. The van der Waals surface area contributed by atoms with E-state index in [2.05, 4.69) is 0 Å². The fraction of sp³-hybridized carbons (Fsp3) is 0.179. The summed E-state index contributed by atoms with van der Waals surface area (Å²) in [5, 5.41) is 6.26. The van der Waals surface area contributed by atoms with E-state index in [0.29, 0.717) is 17.2 Å². The van der Waals surface area contributed by atoms with Crippen LogP contribution in [0.1, 0.15) is 24.0 Å². The Kier molecular flexibility index (Phi) is 5.82. The molecule has 0 radical (unpaired) electrons. The van der Waals surface area contributed by atoms with E-state index >= 15 is 0 Å². The van der Waals surface area contributed by atoms with E-state index in [0.717, 1.165) is 11.1 Å². The van der Waals surface area contributed by atoms with Gasteiger partial charge in [0.25, 0.3) is 0 Å². The highest BCUT2D eigenvalue weighted by Crippen LogP contribution is 2.49. The first-order chi connectivity index (χ1) is 17.1. The number of methoxy groups -OCH3 is 1. The summed E-state index contributed by atoms with van der Waals surface area (Å²) < 4.78 is 16.5. The molecule has 0 amide bonds. The van der Waals surface area contributed by atoms with Crippen LogP contribution in [0, 0.1) is 0 Å². The molecule has 3 aromatic rings. The molecule has 7 nitrogen and oxygen atoms in total. The Morgan fingerprint density at radius 1 is 1.00 bits per heavy atom. The van der Waals surface area contributed by atoms with Crippen molar-refractivity contribution < 1.29 is 23.8 Å². The number of hydrazone groups is 1. The zero-order valence-electron chi connectivity index (χ0n) is 19.4. The molecule has 2 heterocycles. The van der Waals surface area contributed by atoms with Crippen molar-refractivity contribution in [2.24, 2.45) is 5.10 Å². The maximum absolute atomic E-state index is 13.8. The molecule has 5 rings (SSSR count). The number of nitrogens with zero attached hydrogens (tertiary/aromatic N) is 2. The molecule has 2 atom stereocenters. The first-order valence-corrected chi connectivity index (χ1v) is 11.3. The molecule has 2 aliphatic heterocycles. The largest absolute Gasteiger partial charge is 0.497 e. The van der Waals surface area contributed by atoms with Gasteiger partial charge >= 0.3 is 11.9 Å². The minimum atomic E-state index is -1.43. The van der Waals surface area contributed by atoms with E-state index in [1.54, 1.807) is 49.4 Å². The van der Waals surface area contributed by atoms with Crippen LogP contribution in [0.3, 0.4) is 0 Å². The quantitative estimate of drug-likeness (QED) is 0.494. The third kappa shape index (κ3) is 3.75. The van der Waals surface area contributed by atoms with E-state index in [1.165, 1.54) is 0 Å². The number of anilines is 1. The van der Waals surface area contributed by atoms with Crippen LogP contribution in [0.4, 0.5) is 5.69 Å². The maximum Gasteiger partial charge on any atom is 0.355 e. The van der Waals surface area contributed by atoms with Gasteiger partial charge in [0.2, 0.25) is 0 Å². The van der Waals surface area contributed by atoms with E-state index in [9.17, 15) is 9.59 Å². The number of cyclic esters (lactones) is 1. The lowest BCUT2D eigenvalue weighted by atomic mass is 9.76. The van der Waals surface area contributed by atoms with Gasteiger partial charge in [0.1, 0.15) is 11.5 Å². The van der Waals surface area contributed by atoms with Gasteiger partial charge in [-0.15, -0.1) is 0 Å². The van der Waals surface area contributed by atoms with E-state index in [-0.39, 0.29) is 12.3 Å². The lowest BCUT2D eigenvalue weighted by Gasteiger charge is -2.34. The Balaban J connectivity index is 1.74. The van der Waals surface area contributed by atoms with Gasteiger partial charge in [-0.3, -0.25) is 0 Å². The second kappa shape index (κ2) is 9.10. The lowest BCUT2D eigenvalue weighted by Crippen LogP contribution is -2.51. The molecule has 0 bridgehead atoms. The Labute approximate surface area is 203 Å². The van der Waals surface area contributed by atoms with Crippen molar-refractivity contribution in [1.29, 1.82) is 0 Å². The summed E-state index contributed by atoms with van der Waals surface area (Å²) in [5.74, 6) is -0.783. The van der Waals surface area contributed by atoms with Gasteiger partial charge < -0.3 is 14.2 Å². The van der Waals surface area contributed by atoms with Gasteiger partial charge in [0.05, 0.1) is 25.3 Å². The maximum atomic E-state index is 13.8. The summed E-state index contributed by atoms with van der Waals surface area (Å²) in [6.45, 7) is 1.92. The Hall–Kier alpha value is -4.39. The summed E-state index contributed by atoms with van der Waals surface area (Å²) in [4.78, 5) is 27.0. The molecule has 1 spiro atoms. The van der Waals surface area contributed by atoms with Crippen LogP contribution in [0.2, 0.25) is 0 Å². The van der Waals surface area contributed by atoms with Gasteiger partial charge in [-0.1, -0.05) is 60.7 Å². The number of carbonyl (C=O) groups excluding carboxylic acids is 2. The molecular formula is C28H24N2O5. The average Bonchev–Trinajstić information content (AvgIpc) is 3.43. The first-order valence-electron chi connectivity index (χ1n) is 11.3. The Morgan fingerprint density at radius 3 is 2.29 bits per heavy atom. The number of hydrogen-bond donors (Lipinski definition) is 0. The molecule has 0 saturated heterocycles. The van der Waals surface area contributed by atoms with Crippen LogP contribution in [-0.4, -0.2) is 36.9 Å². The van der Waals surface area contributed by atoms with Crippen LogP contribution in [0.5, 0.6) is 5.75 Å². The summed E-state index contributed by atoms with van der Waals surface area (Å²) in [6.07, 6.45) is 1.77. The summed E-state index contributed by atoms with van der Waals surface area (Å²) in [5.41, 5.74) is 0.815. The standard InChI is InChI=1S/C28H24N2O5/c1-3-34-26(31)25-24(20-12-8-5-9-13-20)28(30(29-25)21-14-16-22(33-2)17-15-21)18-23(35-27(28)32)19-10-6-4-7-11-19/h4-18,24H,3H2,1-2H3/t24-,28-/m0/s1. The molecule has 0 aliphatic carbocycles. The van der Waals surface area contributed by atoms with Crippen LogP contribution in [0.25, 0.3) is 5.76 Å². The fourth-order valence-corrected chi connectivity index (χ4v) is 4.56. The van der Waals surface area contributed by atoms with Crippen LogP contribution in [0.15, 0.2) is 96.1 Å². The molecule has 2 aliphatic rings. The molecule has 0 fully saturated rings. The molecule has 35 heavy (non-hydrogen) atoms. The van der Waals surface area contributed by atoms with Crippen molar-refractivity contribution in [3.8, 4) is 5.75 Å². The summed E-state index contributed by atoms with van der Waals surface area (Å²) >= 11 is 0. The van der Waals surface area contributed by atoms with Crippen molar-refractivity contribution in [3.05, 3.63) is 102 Å². The molecule has 7 heteroatoms. The minimum absolute atomic E-state index is 0.136. The second-order valence-electron chi connectivity index (χ2n) is 8.15. The van der Waals surface area contributed by atoms with E-state index < -0.39 is 23.4 Å². The zero-order valence-corrected chi connectivity index (χ0v) is 19.4. The predicted molar refractivity (Wildman–Crippen MR) is 132 cm³/mol. The summed E-state index contributed by atoms with van der Waals surface area (Å²) in [6, 6.07) is 25.9. The predicted octanol–water partition coefficient (Wildman–Crippen LogP) is 4.55. The number of esters is 2. The van der Waals surface area contributed by atoms with E-state index in [4.69, 9.17) is 19.3 Å². The number of ether oxygens (including phenoxy) is 3. The van der Waals surface area contributed by atoms with Gasteiger partial charge in [0.15, 0.2) is 11.3 Å². The number of rotatable bonds is 6. The summed E-state index contributed by atoms with van der Waals surface area (Å²) in [7, 11) is 1.58. The molecule has 3 aromatic carbocycles. The van der Waals surface area contributed by atoms with E-state index in [1.807, 2.05) is 60.7 Å². The number of hydrogen-bond acceptors (Lipinski definition) is 7. The number of carbonyl (C=O) groups is 2. The van der Waals surface area contributed by atoms with Crippen molar-refractivity contribution >= 4 is 29.1 Å². The van der Waals surface area contributed by atoms with Gasteiger partial charge in [-0.25, -0.2) is 14.6 Å². The Bertz CT molecular complexity index is 1300. The monoisotopic (exact) mass is 468 g/mol. The van der Waals surface area contributed by atoms with Crippen LogP contribution < -0.4 is 9.75 Å². The highest BCUT2D eigenvalue weighted by Gasteiger charge is 2.62. The normalized spacial score (nSPS) is 20.9. The smallest absolute Gasteiger partial charge is 0.355 e. The SMILES string of the molecule is CCOC(=O)C1=NN(c2ccc(OC)cc2)[C@@]2(C=C(c3ccccc3)OC2=O)[C@H]1c1ccccc1. The molecule has 0 aromatic heterocycles. The third-order valence-electron chi connectivity index (χ3n) is 6.15. The topological polar surface area (TPSA) is 77.4 Å². The second-order valence-corrected chi connectivity index (χ2v) is 8.15. The van der Waals surface area contributed by atoms with Crippen molar-refractivity contribution in [1.82, 2.24) is 0 Å². The zero-order chi connectivity index (χ0) is 24.4. The lowest BCUT2D eigenvalue weighted by molar-refractivity contribution is -0.139. The van der Waals surface area contributed by atoms with Crippen molar-refractivity contribution in [2.45, 2.75) is 18.4 Å².